The van der Waals surface area contributed by atoms with E-state index < -0.39 is 0 Å². The monoisotopic (exact) mass is 383 g/mol. The molecular formula is C19H23Cl2NO3. The van der Waals surface area contributed by atoms with Gasteiger partial charge < -0.3 is 14.7 Å². The predicted molar refractivity (Wildman–Crippen MR) is 104 cm³/mol. The molecular weight excluding hydrogens is 361 g/mol. The SMILES string of the molecule is COc1ccc(N(C)C(=O)CCCCO)cc1.Clc1ccccc1Cl. The topological polar surface area (TPSA) is 49.8 Å². The molecule has 0 spiro atoms. The van der Waals surface area contributed by atoms with Crippen molar-refractivity contribution in [2.75, 3.05) is 25.7 Å². The highest BCUT2D eigenvalue weighted by atomic mass is 35.5. The number of halogens is 2. The molecule has 2 aromatic rings. The van der Waals surface area contributed by atoms with E-state index in [0.717, 1.165) is 17.9 Å². The molecule has 0 bridgehead atoms. The Bertz CT molecular complexity index is 626. The Morgan fingerprint density at radius 2 is 1.60 bits per heavy atom. The molecule has 0 aliphatic carbocycles. The summed E-state index contributed by atoms with van der Waals surface area (Å²) in [5, 5.41) is 9.87. The molecule has 0 aromatic heterocycles. The van der Waals surface area contributed by atoms with E-state index in [2.05, 4.69) is 0 Å². The summed E-state index contributed by atoms with van der Waals surface area (Å²) in [7, 11) is 3.36. The number of unbranched alkanes of at least 4 members (excludes halogenated alkanes) is 1. The fourth-order valence-corrected chi connectivity index (χ4v) is 2.22. The van der Waals surface area contributed by atoms with Gasteiger partial charge in [0.05, 0.1) is 17.2 Å². The van der Waals surface area contributed by atoms with Crippen molar-refractivity contribution in [1.29, 1.82) is 0 Å². The molecule has 0 fully saturated rings. The maximum Gasteiger partial charge on any atom is 0.226 e. The normalized spacial score (nSPS) is 9.80. The van der Waals surface area contributed by atoms with Crippen LogP contribution in [0.1, 0.15) is 19.3 Å². The minimum Gasteiger partial charge on any atom is -0.497 e. The van der Waals surface area contributed by atoms with E-state index in [4.69, 9.17) is 33.0 Å². The lowest BCUT2D eigenvalue weighted by molar-refractivity contribution is -0.118. The zero-order valence-electron chi connectivity index (χ0n) is 14.4. The Morgan fingerprint density at radius 3 is 2.04 bits per heavy atom. The van der Waals surface area contributed by atoms with Crippen LogP contribution < -0.4 is 9.64 Å². The van der Waals surface area contributed by atoms with E-state index in [1.807, 2.05) is 36.4 Å². The van der Waals surface area contributed by atoms with Gasteiger partial charge in [0.1, 0.15) is 5.75 Å². The van der Waals surface area contributed by atoms with Gasteiger partial charge in [0, 0.05) is 25.8 Å². The van der Waals surface area contributed by atoms with Gasteiger partial charge in [0.2, 0.25) is 5.91 Å². The van der Waals surface area contributed by atoms with Gasteiger partial charge in [-0.1, -0.05) is 35.3 Å². The van der Waals surface area contributed by atoms with Crippen LogP contribution in [0.2, 0.25) is 10.0 Å². The molecule has 0 aliphatic rings. The quantitative estimate of drug-likeness (QED) is 0.727. The van der Waals surface area contributed by atoms with Crippen molar-refractivity contribution in [3.8, 4) is 5.75 Å². The Balaban J connectivity index is 0.000000324. The number of amides is 1. The van der Waals surface area contributed by atoms with Crippen LogP contribution in [0.25, 0.3) is 0 Å². The molecule has 6 heteroatoms. The summed E-state index contributed by atoms with van der Waals surface area (Å²) in [6.07, 6.45) is 1.85. The van der Waals surface area contributed by atoms with Crippen molar-refractivity contribution < 1.29 is 14.6 Å². The van der Waals surface area contributed by atoms with Crippen LogP contribution in [0, 0.1) is 0 Å². The van der Waals surface area contributed by atoms with Crippen LogP contribution in [0.5, 0.6) is 5.75 Å². The average Bonchev–Trinajstić information content (AvgIpc) is 2.64. The number of hydrogen-bond acceptors (Lipinski definition) is 3. The smallest absolute Gasteiger partial charge is 0.226 e. The zero-order chi connectivity index (χ0) is 18.7. The van der Waals surface area contributed by atoms with Crippen LogP contribution in [0.3, 0.4) is 0 Å². The number of anilines is 1. The van der Waals surface area contributed by atoms with Gasteiger partial charge in [0.25, 0.3) is 0 Å². The molecule has 2 rings (SSSR count). The summed E-state index contributed by atoms with van der Waals surface area (Å²) in [6.45, 7) is 0.138. The molecule has 0 atom stereocenters. The maximum absolute atomic E-state index is 11.8. The minimum absolute atomic E-state index is 0.0589. The van der Waals surface area contributed by atoms with E-state index in [9.17, 15) is 4.79 Å². The first-order chi connectivity index (χ1) is 12.0. The summed E-state index contributed by atoms with van der Waals surface area (Å²) in [5.41, 5.74) is 0.847. The molecule has 1 amide bonds. The molecule has 4 nitrogen and oxygen atoms in total. The number of methoxy groups -OCH3 is 1. The molecule has 0 radical (unpaired) electrons. The molecule has 0 saturated carbocycles. The number of rotatable bonds is 6. The van der Waals surface area contributed by atoms with Gasteiger partial charge in [-0.05, 0) is 49.2 Å². The van der Waals surface area contributed by atoms with Crippen LogP contribution in [0.15, 0.2) is 48.5 Å². The van der Waals surface area contributed by atoms with Gasteiger partial charge in [-0.3, -0.25) is 4.79 Å². The number of aliphatic hydroxyl groups excluding tert-OH is 1. The molecule has 25 heavy (non-hydrogen) atoms. The summed E-state index contributed by atoms with van der Waals surface area (Å²) >= 11 is 11.2. The first-order valence-corrected chi connectivity index (χ1v) is 8.66. The lowest BCUT2D eigenvalue weighted by Gasteiger charge is -2.17. The van der Waals surface area contributed by atoms with Crippen molar-refractivity contribution in [1.82, 2.24) is 0 Å². The molecule has 2 aromatic carbocycles. The number of ether oxygens (including phenoxy) is 1. The Labute approximate surface area is 158 Å². The number of carbonyl (C=O) groups excluding carboxylic acids is 1. The Morgan fingerprint density at radius 1 is 1.04 bits per heavy atom. The van der Waals surface area contributed by atoms with Gasteiger partial charge in [-0.25, -0.2) is 0 Å². The number of carbonyl (C=O) groups is 1. The Hall–Kier alpha value is -1.75. The van der Waals surface area contributed by atoms with E-state index in [0.29, 0.717) is 22.9 Å². The van der Waals surface area contributed by atoms with Crippen molar-refractivity contribution in [2.45, 2.75) is 19.3 Å². The molecule has 0 aliphatic heterocycles. The number of benzene rings is 2. The molecule has 0 unspecified atom stereocenters. The minimum atomic E-state index is 0.0589. The number of aliphatic hydroxyl groups is 1. The number of nitrogens with zero attached hydrogens (tertiary/aromatic N) is 1. The van der Waals surface area contributed by atoms with E-state index in [-0.39, 0.29) is 12.5 Å². The van der Waals surface area contributed by atoms with Crippen molar-refractivity contribution >= 4 is 34.8 Å². The first-order valence-electron chi connectivity index (χ1n) is 7.91. The lowest BCUT2D eigenvalue weighted by atomic mass is 10.2. The third-order valence-electron chi connectivity index (χ3n) is 3.46. The second kappa shape index (κ2) is 11.7. The van der Waals surface area contributed by atoms with Crippen molar-refractivity contribution in [3.63, 3.8) is 0 Å². The zero-order valence-corrected chi connectivity index (χ0v) is 15.9. The highest BCUT2D eigenvalue weighted by molar-refractivity contribution is 6.41. The largest absolute Gasteiger partial charge is 0.497 e. The summed E-state index contributed by atoms with van der Waals surface area (Å²) in [6, 6.07) is 14.5. The van der Waals surface area contributed by atoms with E-state index in [1.54, 1.807) is 31.2 Å². The van der Waals surface area contributed by atoms with Crippen LogP contribution in [-0.4, -0.2) is 31.8 Å². The van der Waals surface area contributed by atoms with Gasteiger partial charge >= 0.3 is 0 Å². The average molecular weight is 384 g/mol. The molecule has 0 heterocycles. The number of hydrogen-bond donors (Lipinski definition) is 1. The Kier molecular flexibility index (Phi) is 10.0. The third-order valence-corrected chi connectivity index (χ3v) is 4.21. The van der Waals surface area contributed by atoms with E-state index in [1.165, 1.54) is 0 Å². The summed E-state index contributed by atoms with van der Waals surface area (Å²) in [4.78, 5) is 13.4. The lowest BCUT2D eigenvalue weighted by Crippen LogP contribution is -2.25. The van der Waals surface area contributed by atoms with E-state index >= 15 is 0 Å². The standard InChI is InChI=1S/C13H19NO3.C6H4Cl2/c1-14(13(16)5-3-4-10-15)11-6-8-12(17-2)9-7-11;7-5-3-1-2-4-6(5)8/h6-9,15H,3-5,10H2,1-2H3;1-4H. The van der Waals surface area contributed by atoms with Gasteiger partial charge in [-0.15, -0.1) is 0 Å². The van der Waals surface area contributed by atoms with Crippen LogP contribution in [-0.2, 0) is 4.79 Å². The third kappa shape index (κ3) is 7.78. The fourth-order valence-electron chi connectivity index (χ4n) is 1.94. The first kappa shape index (κ1) is 21.3. The molecule has 136 valence electrons. The predicted octanol–water partition coefficient (Wildman–Crippen LogP) is 4.81. The molecule has 1 N–H and O–H groups in total. The second-order valence-corrected chi connectivity index (χ2v) is 6.06. The maximum atomic E-state index is 11.8. The summed E-state index contributed by atoms with van der Waals surface area (Å²) in [5.74, 6) is 0.832. The summed E-state index contributed by atoms with van der Waals surface area (Å²) < 4.78 is 5.06. The van der Waals surface area contributed by atoms with Gasteiger partial charge in [0.15, 0.2) is 0 Å². The van der Waals surface area contributed by atoms with Crippen molar-refractivity contribution in [3.05, 3.63) is 58.6 Å². The highest BCUT2D eigenvalue weighted by Gasteiger charge is 2.10. The highest BCUT2D eigenvalue weighted by Crippen LogP contribution is 2.20. The van der Waals surface area contributed by atoms with Crippen LogP contribution >= 0.6 is 23.2 Å². The van der Waals surface area contributed by atoms with Crippen molar-refractivity contribution in [2.24, 2.45) is 0 Å². The van der Waals surface area contributed by atoms with Crippen LogP contribution in [0.4, 0.5) is 5.69 Å². The fraction of sp³-hybridized carbons (Fsp3) is 0.316. The second-order valence-electron chi connectivity index (χ2n) is 5.25. The molecule has 0 saturated heterocycles. The van der Waals surface area contributed by atoms with Gasteiger partial charge in [-0.2, -0.15) is 0 Å².